The van der Waals surface area contributed by atoms with Crippen molar-refractivity contribution in [2.45, 2.75) is 31.5 Å². The number of hydrogen-bond acceptors (Lipinski definition) is 2. The van der Waals surface area contributed by atoms with Crippen LogP contribution in [0.5, 0.6) is 0 Å². The highest BCUT2D eigenvalue weighted by Crippen LogP contribution is 2.38. The summed E-state index contributed by atoms with van der Waals surface area (Å²) in [6, 6.07) is 6.70. The van der Waals surface area contributed by atoms with Crippen LogP contribution in [0.3, 0.4) is 0 Å². The fraction of sp³-hybridized carbons (Fsp3) is 0.500. The van der Waals surface area contributed by atoms with E-state index in [4.69, 9.17) is 0 Å². The van der Waals surface area contributed by atoms with Crippen molar-refractivity contribution in [1.29, 1.82) is 0 Å². The lowest BCUT2D eigenvalue weighted by molar-refractivity contribution is -0.271. The highest BCUT2D eigenvalue weighted by molar-refractivity contribution is 5.90. The number of aliphatic hydroxyl groups is 1. The maximum absolute atomic E-state index is 12.7. The molecule has 2 N–H and O–H groups in total. The summed E-state index contributed by atoms with van der Waals surface area (Å²) in [6.07, 6.45) is -5.67. The number of alkyl halides is 3. The van der Waals surface area contributed by atoms with Crippen LogP contribution in [0.25, 0.3) is 0 Å². The van der Waals surface area contributed by atoms with Crippen LogP contribution in [0.2, 0.25) is 0 Å². The number of hydrogen-bond donors (Lipinski definition) is 2. The van der Waals surface area contributed by atoms with Crippen LogP contribution < -0.4 is 5.32 Å². The van der Waals surface area contributed by atoms with E-state index in [1.165, 1.54) is 4.90 Å². The molecule has 0 bridgehead atoms. The first-order valence-electron chi connectivity index (χ1n) is 6.64. The number of likely N-dealkylation sites (tertiary alicyclic amines) is 1. The van der Waals surface area contributed by atoms with E-state index in [2.05, 4.69) is 5.32 Å². The third-order valence-corrected chi connectivity index (χ3v) is 3.79. The lowest BCUT2D eigenvalue weighted by Crippen LogP contribution is -2.55. The molecule has 1 aromatic rings. The van der Waals surface area contributed by atoms with Gasteiger partial charge >= 0.3 is 12.2 Å². The number of carbonyl (C=O) groups excluding carboxylic acids is 1. The van der Waals surface area contributed by atoms with Gasteiger partial charge < -0.3 is 15.3 Å². The summed E-state index contributed by atoms with van der Waals surface area (Å²) in [5.74, 6) is 0. The number of carbonyl (C=O) groups is 1. The summed E-state index contributed by atoms with van der Waals surface area (Å²) in [4.78, 5) is 13.3. The van der Waals surface area contributed by atoms with Gasteiger partial charge in [-0.05, 0) is 18.6 Å². The molecule has 1 fully saturated rings. The van der Waals surface area contributed by atoms with Crippen molar-refractivity contribution in [2.75, 3.05) is 18.4 Å². The summed E-state index contributed by atoms with van der Waals surface area (Å²) < 4.78 is 38.1. The maximum atomic E-state index is 12.7. The summed E-state index contributed by atoms with van der Waals surface area (Å²) in [5, 5.41) is 12.2. The highest BCUT2D eigenvalue weighted by atomic mass is 19.4. The van der Waals surface area contributed by atoms with E-state index in [-0.39, 0.29) is 13.1 Å². The minimum atomic E-state index is -4.66. The van der Waals surface area contributed by atoms with Gasteiger partial charge in [0.05, 0.1) is 0 Å². The Kier molecular flexibility index (Phi) is 4.13. The summed E-state index contributed by atoms with van der Waals surface area (Å²) in [5.41, 5.74) is -1.19. The Hall–Kier alpha value is -1.76. The Morgan fingerprint density at radius 2 is 1.86 bits per heavy atom. The van der Waals surface area contributed by atoms with Gasteiger partial charge in [0.1, 0.15) is 0 Å². The van der Waals surface area contributed by atoms with Crippen LogP contribution in [0.4, 0.5) is 23.7 Å². The number of benzene rings is 1. The number of nitrogens with zero attached hydrogens (tertiary/aromatic N) is 1. The van der Waals surface area contributed by atoms with Crippen LogP contribution in [-0.2, 0) is 0 Å². The molecule has 0 unspecified atom stereocenters. The van der Waals surface area contributed by atoms with Crippen LogP contribution in [0.15, 0.2) is 24.3 Å². The van der Waals surface area contributed by atoms with Gasteiger partial charge in [-0.3, -0.25) is 0 Å². The fourth-order valence-corrected chi connectivity index (χ4v) is 2.27. The van der Waals surface area contributed by atoms with E-state index in [1.807, 2.05) is 19.1 Å². The molecule has 4 nitrogen and oxygen atoms in total. The quantitative estimate of drug-likeness (QED) is 0.838. The minimum Gasteiger partial charge on any atom is -0.380 e. The average molecular weight is 302 g/mol. The summed E-state index contributed by atoms with van der Waals surface area (Å²) in [7, 11) is 0. The van der Waals surface area contributed by atoms with Crippen LogP contribution in [0.1, 0.15) is 18.4 Å². The number of urea groups is 1. The van der Waals surface area contributed by atoms with E-state index in [9.17, 15) is 23.1 Å². The van der Waals surface area contributed by atoms with Crippen molar-refractivity contribution in [3.63, 3.8) is 0 Å². The Balaban J connectivity index is 1.97. The maximum Gasteiger partial charge on any atom is 0.417 e. The molecule has 1 aliphatic rings. The molecule has 0 radical (unpaired) electrons. The molecular formula is C14H17F3N2O2. The normalized spacial score (nSPS) is 18.4. The van der Waals surface area contributed by atoms with Gasteiger partial charge in [-0.25, -0.2) is 4.79 Å². The third kappa shape index (κ3) is 3.29. The molecule has 0 aromatic heterocycles. The van der Waals surface area contributed by atoms with Gasteiger partial charge in [0.2, 0.25) is 0 Å². The van der Waals surface area contributed by atoms with Crippen molar-refractivity contribution in [1.82, 2.24) is 4.90 Å². The molecular weight excluding hydrogens is 285 g/mol. The molecule has 1 aliphatic heterocycles. The van der Waals surface area contributed by atoms with Gasteiger partial charge in [-0.15, -0.1) is 0 Å². The molecule has 0 atom stereocenters. The smallest absolute Gasteiger partial charge is 0.380 e. The predicted octanol–water partition coefficient (Wildman–Crippen LogP) is 2.92. The van der Waals surface area contributed by atoms with Gasteiger partial charge in [-0.2, -0.15) is 13.2 Å². The van der Waals surface area contributed by atoms with Crippen molar-refractivity contribution >= 4 is 11.7 Å². The summed E-state index contributed by atoms with van der Waals surface area (Å²) >= 11 is 0. The molecule has 7 heteroatoms. The topological polar surface area (TPSA) is 52.6 Å². The van der Waals surface area contributed by atoms with Gasteiger partial charge in [0, 0.05) is 31.6 Å². The average Bonchev–Trinajstić information content (AvgIpc) is 2.41. The fourth-order valence-electron chi connectivity index (χ4n) is 2.27. The first-order valence-corrected chi connectivity index (χ1v) is 6.64. The number of nitrogens with one attached hydrogen (secondary N) is 1. The van der Waals surface area contributed by atoms with Crippen LogP contribution in [0, 0.1) is 6.92 Å². The van der Waals surface area contributed by atoms with Crippen molar-refractivity contribution < 1.29 is 23.1 Å². The second-order valence-corrected chi connectivity index (χ2v) is 5.26. The van der Waals surface area contributed by atoms with Crippen molar-refractivity contribution in [2.24, 2.45) is 0 Å². The molecule has 116 valence electrons. The molecule has 0 aliphatic carbocycles. The number of anilines is 1. The van der Waals surface area contributed by atoms with E-state index in [0.717, 1.165) is 5.56 Å². The van der Waals surface area contributed by atoms with E-state index >= 15 is 0 Å². The lowest BCUT2D eigenvalue weighted by atomic mass is 9.91. The number of para-hydroxylation sites is 1. The Morgan fingerprint density at radius 1 is 1.29 bits per heavy atom. The summed E-state index contributed by atoms with van der Waals surface area (Å²) in [6.45, 7) is 1.57. The van der Waals surface area contributed by atoms with Crippen molar-refractivity contribution in [3.8, 4) is 0 Å². The number of piperidine rings is 1. The third-order valence-electron chi connectivity index (χ3n) is 3.79. The zero-order chi connectivity index (χ0) is 15.7. The standard InChI is InChI=1S/C14H17F3N2O2/c1-10-4-2-3-5-11(10)18-12(20)19-8-6-13(21,7-9-19)14(15,16)17/h2-5,21H,6-9H2,1H3,(H,18,20). The molecule has 1 heterocycles. The molecule has 1 saturated heterocycles. The molecule has 21 heavy (non-hydrogen) atoms. The zero-order valence-corrected chi connectivity index (χ0v) is 11.6. The van der Waals surface area contributed by atoms with Gasteiger partial charge in [0.25, 0.3) is 0 Å². The predicted molar refractivity (Wildman–Crippen MR) is 72.0 cm³/mol. The van der Waals surface area contributed by atoms with Crippen LogP contribution >= 0.6 is 0 Å². The van der Waals surface area contributed by atoms with E-state index in [0.29, 0.717) is 5.69 Å². The van der Waals surface area contributed by atoms with E-state index < -0.39 is 30.7 Å². The zero-order valence-electron chi connectivity index (χ0n) is 11.6. The molecule has 2 amide bonds. The molecule has 0 saturated carbocycles. The second kappa shape index (κ2) is 5.55. The minimum absolute atomic E-state index is 0.131. The molecule has 1 aromatic carbocycles. The number of amides is 2. The SMILES string of the molecule is Cc1ccccc1NC(=O)N1CCC(O)(C(F)(F)F)CC1. The number of rotatable bonds is 1. The monoisotopic (exact) mass is 302 g/mol. The molecule has 2 rings (SSSR count). The molecule has 0 spiro atoms. The Bertz CT molecular complexity index is 523. The van der Waals surface area contributed by atoms with Gasteiger partial charge in [-0.1, -0.05) is 18.2 Å². The second-order valence-electron chi connectivity index (χ2n) is 5.26. The van der Waals surface area contributed by atoms with Crippen LogP contribution in [-0.4, -0.2) is 40.9 Å². The highest BCUT2D eigenvalue weighted by Gasteiger charge is 2.54. The largest absolute Gasteiger partial charge is 0.417 e. The van der Waals surface area contributed by atoms with Crippen molar-refractivity contribution in [3.05, 3.63) is 29.8 Å². The Morgan fingerprint density at radius 3 is 2.38 bits per heavy atom. The number of halogens is 3. The lowest BCUT2D eigenvalue weighted by Gasteiger charge is -2.39. The number of aryl methyl sites for hydroxylation is 1. The first kappa shape index (κ1) is 15.6. The van der Waals surface area contributed by atoms with Gasteiger partial charge in [0.15, 0.2) is 5.60 Å². The van der Waals surface area contributed by atoms with E-state index in [1.54, 1.807) is 12.1 Å². The first-order chi connectivity index (χ1) is 9.73. The Labute approximate surface area is 120 Å².